The normalized spacial score (nSPS) is 18.2. The molecular weight excluding hydrogens is 168 g/mol. The number of Topliss-reactive ketones (excluding diaryl/α,β-unsaturated/α-hetero) is 1. The van der Waals surface area contributed by atoms with E-state index < -0.39 is 16.6 Å². The summed E-state index contributed by atoms with van der Waals surface area (Å²) in [5.41, 5.74) is -3.77. The van der Waals surface area contributed by atoms with E-state index in [0.717, 1.165) is 0 Å². The molecule has 0 aromatic carbocycles. The van der Waals surface area contributed by atoms with Crippen LogP contribution in [-0.2, 0) is 4.79 Å². The van der Waals surface area contributed by atoms with Crippen molar-refractivity contribution in [2.45, 2.75) is 52.7 Å². The average molecular weight is 188 g/mol. The van der Waals surface area contributed by atoms with Gasteiger partial charge >= 0.3 is 0 Å². The van der Waals surface area contributed by atoms with Crippen LogP contribution >= 0.6 is 0 Å². The molecule has 0 aromatic heterocycles. The van der Waals surface area contributed by atoms with E-state index in [1.54, 1.807) is 20.8 Å². The Morgan fingerprint density at radius 3 is 1.31 bits per heavy atom. The SMILES string of the molecule is CC(C)(C)C(=O)C(C)(O)C(C)(C)O. The van der Waals surface area contributed by atoms with Gasteiger partial charge in [0, 0.05) is 5.41 Å². The Morgan fingerprint density at radius 2 is 1.23 bits per heavy atom. The second kappa shape index (κ2) is 3.07. The molecule has 0 heterocycles. The molecule has 0 aromatic rings. The summed E-state index contributed by atoms with van der Waals surface area (Å²) in [7, 11) is 0. The lowest BCUT2D eigenvalue weighted by Crippen LogP contribution is -2.57. The zero-order valence-electron chi connectivity index (χ0n) is 9.30. The van der Waals surface area contributed by atoms with E-state index in [9.17, 15) is 15.0 Å². The zero-order valence-corrected chi connectivity index (χ0v) is 9.30. The first kappa shape index (κ1) is 12.6. The Kier molecular flexibility index (Phi) is 2.97. The van der Waals surface area contributed by atoms with Gasteiger partial charge in [0.25, 0.3) is 0 Å². The predicted octanol–water partition coefficient (Wildman–Crippen LogP) is 1.12. The first-order chi connectivity index (χ1) is 5.40. The van der Waals surface area contributed by atoms with Gasteiger partial charge in [0.2, 0.25) is 0 Å². The van der Waals surface area contributed by atoms with Crippen LogP contribution in [0.15, 0.2) is 0 Å². The molecule has 1 atom stereocenters. The molecule has 13 heavy (non-hydrogen) atoms. The number of aliphatic hydroxyl groups is 2. The highest BCUT2D eigenvalue weighted by Crippen LogP contribution is 2.30. The molecule has 78 valence electrons. The van der Waals surface area contributed by atoms with Gasteiger partial charge in [-0.1, -0.05) is 20.8 Å². The van der Waals surface area contributed by atoms with Crippen molar-refractivity contribution >= 4 is 5.78 Å². The first-order valence-corrected chi connectivity index (χ1v) is 4.40. The van der Waals surface area contributed by atoms with Gasteiger partial charge in [0.05, 0.1) is 5.60 Å². The summed E-state index contributed by atoms with van der Waals surface area (Å²) in [5.74, 6) is -0.354. The van der Waals surface area contributed by atoms with Gasteiger partial charge in [0.15, 0.2) is 5.78 Å². The topological polar surface area (TPSA) is 57.5 Å². The molecule has 0 saturated heterocycles. The molecule has 3 heteroatoms. The predicted molar refractivity (Wildman–Crippen MR) is 51.4 cm³/mol. The van der Waals surface area contributed by atoms with Crippen molar-refractivity contribution in [3.8, 4) is 0 Å². The van der Waals surface area contributed by atoms with Gasteiger partial charge in [-0.3, -0.25) is 4.79 Å². The summed E-state index contributed by atoms with van der Waals surface area (Å²) < 4.78 is 0. The summed E-state index contributed by atoms with van der Waals surface area (Å²) in [5, 5.41) is 19.5. The van der Waals surface area contributed by atoms with E-state index in [1.807, 2.05) is 0 Å². The number of carbonyl (C=O) groups is 1. The van der Waals surface area contributed by atoms with Crippen LogP contribution in [0, 0.1) is 5.41 Å². The minimum atomic E-state index is -1.70. The molecule has 0 radical (unpaired) electrons. The fourth-order valence-electron chi connectivity index (χ4n) is 1.01. The van der Waals surface area contributed by atoms with Crippen molar-refractivity contribution in [2.75, 3.05) is 0 Å². The molecular formula is C10H20O3. The van der Waals surface area contributed by atoms with Crippen LogP contribution in [0.5, 0.6) is 0 Å². The number of ketones is 1. The molecule has 0 spiro atoms. The van der Waals surface area contributed by atoms with Crippen LogP contribution in [0.3, 0.4) is 0 Å². The molecule has 0 saturated carbocycles. The van der Waals surface area contributed by atoms with Crippen molar-refractivity contribution in [3.63, 3.8) is 0 Å². The average Bonchev–Trinajstić information content (AvgIpc) is 1.81. The number of hydrogen-bond donors (Lipinski definition) is 2. The van der Waals surface area contributed by atoms with Crippen LogP contribution < -0.4 is 0 Å². The Labute approximate surface area is 79.8 Å². The molecule has 0 rings (SSSR count). The second-order valence-electron chi connectivity index (χ2n) is 5.21. The molecule has 0 aliphatic carbocycles. The Bertz CT molecular complexity index is 203. The molecule has 3 nitrogen and oxygen atoms in total. The number of hydrogen-bond acceptors (Lipinski definition) is 3. The van der Waals surface area contributed by atoms with Gasteiger partial charge in [-0.15, -0.1) is 0 Å². The van der Waals surface area contributed by atoms with E-state index in [0.29, 0.717) is 0 Å². The molecule has 0 aliphatic heterocycles. The zero-order chi connectivity index (χ0) is 11.1. The lowest BCUT2D eigenvalue weighted by atomic mass is 9.74. The summed E-state index contributed by atoms with van der Waals surface area (Å²) >= 11 is 0. The Morgan fingerprint density at radius 1 is 0.923 bits per heavy atom. The summed E-state index contributed by atoms with van der Waals surface area (Å²) in [6.45, 7) is 9.36. The maximum atomic E-state index is 11.7. The van der Waals surface area contributed by atoms with Crippen molar-refractivity contribution in [1.29, 1.82) is 0 Å². The fraction of sp³-hybridized carbons (Fsp3) is 0.900. The quantitative estimate of drug-likeness (QED) is 0.683. The van der Waals surface area contributed by atoms with E-state index >= 15 is 0 Å². The monoisotopic (exact) mass is 188 g/mol. The number of rotatable bonds is 2. The van der Waals surface area contributed by atoms with Crippen molar-refractivity contribution in [2.24, 2.45) is 5.41 Å². The van der Waals surface area contributed by atoms with Gasteiger partial charge in [-0.2, -0.15) is 0 Å². The maximum Gasteiger partial charge on any atom is 0.172 e. The number of carbonyl (C=O) groups excluding carboxylic acids is 1. The van der Waals surface area contributed by atoms with Gasteiger partial charge < -0.3 is 10.2 Å². The van der Waals surface area contributed by atoms with Crippen LogP contribution in [0.2, 0.25) is 0 Å². The summed E-state index contributed by atoms with van der Waals surface area (Å²) in [6.07, 6.45) is 0. The van der Waals surface area contributed by atoms with E-state index in [-0.39, 0.29) is 5.78 Å². The lowest BCUT2D eigenvalue weighted by Gasteiger charge is -2.38. The standard InChI is InChI=1S/C10H20O3/c1-8(2,3)7(11)10(6,13)9(4,5)12/h12-13H,1-6H3. The molecule has 1 unspecified atom stereocenters. The van der Waals surface area contributed by atoms with E-state index in [2.05, 4.69) is 0 Å². The van der Waals surface area contributed by atoms with Crippen molar-refractivity contribution in [3.05, 3.63) is 0 Å². The van der Waals surface area contributed by atoms with E-state index in [4.69, 9.17) is 0 Å². The van der Waals surface area contributed by atoms with Crippen molar-refractivity contribution < 1.29 is 15.0 Å². The van der Waals surface area contributed by atoms with Crippen molar-refractivity contribution in [1.82, 2.24) is 0 Å². The van der Waals surface area contributed by atoms with Crippen LogP contribution in [-0.4, -0.2) is 27.2 Å². The minimum Gasteiger partial charge on any atom is -0.387 e. The Balaban J connectivity index is 4.98. The third-order valence-corrected chi connectivity index (χ3v) is 2.31. The highest BCUT2D eigenvalue weighted by Gasteiger charge is 2.48. The smallest absolute Gasteiger partial charge is 0.172 e. The maximum absolute atomic E-state index is 11.7. The first-order valence-electron chi connectivity index (χ1n) is 4.40. The van der Waals surface area contributed by atoms with E-state index in [1.165, 1.54) is 20.8 Å². The fourth-order valence-corrected chi connectivity index (χ4v) is 1.01. The van der Waals surface area contributed by atoms with Crippen LogP contribution in [0.1, 0.15) is 41.5 Å². The van der Waals surface area contributed by atoms with Crippen LogP contribution in [0.4, 0.5) is 0 Å². The van der Waals surface area contributed by atoms with Crippen LogP contribution in [0.25, 0.3) is 0 Å². The molecule has 2 N–H and O–H groups in total. The Hall–Kier alpha value is -0.410. The molecule has 0 amide bonds. The van der Waals surface area contributed by atoms with Gasteiger partial charge in [-0.25, -0.2) is 0 Å². The third-order valence-electron chi connectivity index (χ3n) is 2.31. The highest BCUT2D eigenvalue weighted by molar-refractivity contribution is 5.92. The van der Waals surface area contributed by atoms with Gasteiger partial charge in [0.1, 0.15) is 5.60 Å². The molecule has 0 bridgehead atoms. The lowest BCUT2D eigenvalue weighted by molar-refractivity contribution is -0.169. The summed E-state index contributed by atoms with van der Waals surface area (Å²) in [4.78, 5) is 11.7. The van der Waals surface area contributed by atoms with Gasteiger partial charge in [-0.05, 0) is 20.8 Å². The highest BCUT2D eigenvalue weighted by atomic mass is 16.4. The second-order valence-corrected chi connectivity index (χ2v) is 5.21. The minimum absolute atomic E-state index is 0.354. The summed E-state index contributed by atoms with van der Waals surface area (Å²) in [6, 6.07) is 0. The molecule has 0 fully saturated rings. The molecule has 0 aliphatic rings. The third kappa shape index (κ3) is 2.51. The largest absolute Gasteiger partial charge is 0.387 e.